The smallest absolute Gasteiger partial charge is 0.245 e. The minimum absolute atomic E-state index is 0.0813. The summed E-state index contributed by atoms with van der Waals surface area (Å²) in [6.07, 6.45) is 2.73. The number of rotatable bonds is 5. The Morgan fingerprint density at radius 2 is 2.00 bits per heavy atom. The van der Waals surface area contributed by atoms with Crippen LogP contribution in [0.5, 0.6) is 5.75 Å². The molecule has 1 aliphatic heterocycles. The zero-order chi connectivity index (χ0) is 17.8. The van der Waals surface area contributed by atoms with Gasteiger partial charge >= 0.3 is 0 Å². The van der Waals surface area contributed by atoms with Crippen LogP contribution in [-0.4, -0.2) is 32.7 Å². The number of nitrogens with zero attached hydrogens (tertiary/aromatic N) is 4. The maximum atomic E-state index is 13.1. The first-order valence-corrected chi connectivity index (χ1v) is 8.60. The Hall–Kier alpha value is -3.22. The number of carbonyl (C=O) groups excluding carboxylic acids is 1. The lowest BCUT2D eigenvalue weighted by molar-refractivity contribution is -0.125. The van der Waals surface area contributed by atoms with Crippen molar-refractivity contribution in [3.05, 3.63) is 72.1 Å². The predicted molar refractivity (Wildman–Crippen MR) is 94.4 cm³/mol. The van der Waals surface area contributed by atoms with E-state index in [0.717, 1.165) is 23.3 Å². The second-order valence-electron chi connectivity index (χ2n) is 6.23. The van der Waals surface area contributed by atoms with Gasteiger partial charge in [0.2, 0.25) is 5.91 Å². The number of hydrogen-bond donors (Lipinski definition) is 1. The highest BCUT2D eigenvalue weighted by Gasteiger charge is 2.28. The quantitative estimate of drug-likeness (QED) is 0.763. The summed E-state index contributed by atoms with van der Waals surface area (Å²) in [5.74, 6) is 0.717. The van der Waals surface area contributed by atoms with Gasteiger partial charge in [-0.15, -0.1) is 5.10 Å². The Morgan fingerprint density at radius 3 is 2.81 bits per heavy atom. The van der Waals surface area contributed by atoms with Crippen molar-refractivity contribution in [1.29, 1.82) is 0 Å². The number of ether oxygens (including phenoxy) is 1. The van der Waals surface area contributed by atoms with Crippen molar-refractivity contribution in [2.45, 2.75) is 24.9 Å². The number of aromatic nitrogens is 4. The van der Waals surface area contributed by atoms with Crippen LogP contribution in [0, 0.1) is 0 Å². The van der Waals surface area contributed by atoms with Gasteiger partial charge in [-0.25, -0.2) is 4.68 Å². The highest BCUT2D eigenvalue weighted by Crippen LogP contribution is 2.32. The SMILES string of the molecule is O=C(NC1CCOc2ccccc21)C(Cc1ccccc1)n1cnnn1. The summed E-state index contributed by atoms with van der Waals surface area (Å²) < 4.78 is 7.18. The minimum Gasteiger partial charge on any atom is -0.493 e. The van der Waals surface area contributed by atoms with E-state index in [0.29, 0.717) is 13.0 Å². The van der Waals surface area contributed by atoms with Gasteiger partial charge in [-0.2, -0.15) is 0 Å². The van der Waals surface area contributed by atoms with Crippen molar-refractivity contribution >= 4 is 5.91 Å². The second kappa shape index (κ2) is 7.35. The third-order valence-corrected chi connectivity index (χ3v) is 4.53. The van der Waals surface area contributed by atoms with Crippen LogP contribution in [0.4, 0.5) is 0 Å². The Bertz CT molecular complexity index is 867. The molecule has 1 N–H and O–H groups in total. The molecule has 26 heavy (non-hydrogen) atoms. The van der Waals surface area contributed by atoms with Crippen LogP contribution in [0.2, 0.25) is 0 Å². The summed E-state index contributed by atoms with van der Waals surface area (Å²) in [5, 5.41) is 14.5. The van der Waals surface area contributed by atoms with Crippen molar-refractivity contribution in [3.63, 3.8) is 0 Å². The molecule has 7 heteroatoms. The van der Waals surface area contributed by atoms with Gasteiger partial charge in [-0.3, -0.25) is 4.79 Å². The van der Waals surface area contributed by atoms with Crippen molar-refractivity contribution in [2.24, 2.45) is 0 Å². The van der Waals surface area contributed by atoms with E-state index in [9.17, 15) is 4.79 Å². The van der Waals surface area contributed by atoms with Gasteiger partial charge in [-0.1, -0.05) is 48.5 Å². The van der Waals surface area contributed by atoms with E-state index >= 15 is 0 Å². The van der Waals surface area contributed by atoms with Crippen LogP contribution in [-0.2, 0) is 11.2 Å². The molecule has 2 unspecified atom stereocenters. The maximum absolute atomic E-state index is 13.1. The zero-order valence-corrected chi connectivity index (χ0v) is 14.2. The molecule has 1 amide bonds. The van der Waals surface area contributed by atoms with Gasteiger partial charge in [-0.05, 0) is 22.1 Å². The van der Waals surface area contributed by atoms with E-state index in [-0.39, 0.29) is 11.9 Å². The number of hydrogen-bond acceptors (Lipinski definition) is 5. The minimum atomic E-state index is -0.512. The van der Waals surface area contributed by atoms with Gasteiger partial charge in [0.15, 0.2) is 0 Å². The average molecular weight is 349 g/mol. The van der Waals surface area contributed by atoms with Crippen LogP contribution in [0.15, 0.2) is 60.9 Å². The molecule has 2 atom stereocenters. The van der Waals surface area contributed by atoms with Crippen molar-refractivity contribution < 1.29 is 9.53 Å². The van der Waals surface area contributed by atoms with Gasteiger partial charge in [0, 0.05) is 18.4 Å². The summed E-state index contributed by atoms with van der Waals surface area (Å²) >= 11 is 0. The topological polar surface area (TPSA) is 81.9 Å². The molecule has 0 fully saturated rings. The van der Waals surface area contributed by atoms with Crippen molar-refractivity contribution in [2.75, 3.05) is 6.61 Å². The molecule has 7 nitrogen and oxygen atoms in total. The number of fused-ring (bicyclic) bond motifs is 1. The first kappa shape index (κ1) is 16.3. The molecule has 132 valence electrons. The number of nitrogens with one attached hydrogen (secondary N) is 1. The molecule has 2 heterocycles. The largest absolute Gasteiger partial charge is 0.493 e. The van der Waals surface area contributed by atoms with Crippen LogP contribution >= 0.6 is 0 Å². The van der Waals surface area contributed by atoms with Crippen molar-refractivity contribution in [1.82, 2.24) is 25.5 Å². The van der Waals surface area contributed by atoms with Crippen LogP contribution in [0.25, 0.3) is 0 Å². The highest BCUT2D eigenvalue weighted by atomic mass is 16.5. The lowest BCUT2D eigenvalue weighted by Gasteiger charge is -2.28. The molecule has 0 saturated heterocycles. The van der Waals surface area contributed by atoms with E-state index < -0.39 is 6.04 Å². The molecule has 1 aliphatic rings. The van der Waals surface area contributed by atoms with Crippen LogP contribution < -0.4 is 10.1 Å². The molecular formula is C19H19N5O2. The zero-order valence-electron chi connectivity index (χ0n) is 14.2. The Morgan fingerprint density at radius 1 is 1.19 bits per heavy atom. The summed E-state index contributed by atoms with van der Waals surface area (Å²) in [6, 6.07) is 17.1. The van der Waals surface area contributed by atoms with Crippen molar-refractivity contribution in [3.8, 4) is 5.75 Å². The van der Waals surface area contributed by atoms with E-state index in [2.05, 4.69) is 20.8 Å². The average Bonchev–Trinajstić information content (AvgIpc) is 3.21. The fourth-order valence-corrected chi connectivity index (χ4v) is 3.21. The van der Waals surface area contributed by atoms with E-state index in [1.165, 1.54) is 11.0 Å². The summed E-state index contributed by atoms with van der Waals surface area (Å²) in [4.78, 5) is 13.1. The number of tetrazole rings is 1. The van der Waals surface area contributed by atoms with Gasteiger partial charge in [0.25, 0.3) is 0 Å². The van der Waals surface area contributed by atoms with Crippen LogP contribution in [0.1, 0.15) is 29.6 Å². The van der Waals surface area contributed by atoms with Gasteiger partial charge in [0.05, 0.1) is 12.6 Å². The van der Waals surface area contributed by atoms with Gasteiger partial charge in [0.1, 0.15) is 18.1 Å². The van der Waals surface area contributed by atoms with Crippen LogP contribution in [0.3, 0.4) is 0 Å². The maximum Gasteiger partial charge on any atom is 0.245 e. The first-order valence-electron chi connectivity index (χ1n) is 8.60. The number of amides is 1. The molecule has 0 aliphatic carbocycles. The Balaban J connectivity index is 1.56. The molecule has 3 aromatic rings. The fraction of sp³-hybridized carbons (Fsp3) is 0.263. The predicted octanol–water partition coefficient (Wildman–Crippen LogP) is 2.10. The molecule has 2 aromatic carbocycles. The molecule has 4 rings (SSSR count). The van der Waals surface area contributed by atoms with E-state index in [4.69, 9.17) is 4.74 Å². The molecule has 0 spiro atoms. The van der Waals surface area contributed by atoms with E-state index in [1.807, 2.05) is 54.6 Å². The standard InChI is InChI=1S/C19H19N5O2/c25-19(21-16-10-11-26-18-9-5-4-8-15(16)18)17(24-13-20-22-23-24)12-14-6-2-1-3-7-14/h1-9,13,16-17H,10-12H2,(H,21,25). The first-order chi connectivity index (χ1) is 12.8. The summed E-state index contributed by atoms with van der Waals surface area (Å²) in [7, 11) is 0. The Labute approximate surface area is 151 Å². The lowest BCUT2D eigenvalue weighted by Crippen LogP contribution is -2.38. The molecule has 1 aromatic heterocycles. The van der Waals surface area contributed by atoms with E-state index in [1.54, 1.807) is 0 Å². The molecule has 0 saturated carbocycles. The molecule has 0 radical (unpaired) electrons. The molecular weight excluding hydrogens is 330 g/mol. The second-order valence-corrected chi connectivity index (χ2v) is 6.23. The Kier molecular flexibility index (Phi) is 4.59. The third-order valence-electron chi connectivity index (χ3n) is 4.53. The summed E-state index contributed by atoms with van der Waals surface area (Å²) in [5.41, 5.74) is 2.05. The number of carbonyl (C=O) groups is 1. The lowest BCUT2D eigenvalue weighted by atomic mass is 9.99. The normalized spacial score (nSPS) is 17.0. The fourth-order valence-electron chi connectivity index (χ4n) is 3.21. The number of para-hydroxylation sites is 1. The summed E-state index contributed by atoms with van der Waals surface area (Å²) in [6.45, 7) is 0.580. The van der Waals surface area contributed by atoms with Gasteiger partial charge < -0.3 is 10.1 Å². The molecule has 0 bridgehead atoms. The number of benzene rings is 2. The highest BCUT2D eigenvalue weighted by molar-refractivity contribution is 5.81. The monoisotopic (exact) mass is 349 g/mol. The third kappa shape index (κ3) is 3.42.